The summed E-state index contributed by atoms with van der Waals surface area (Å²) in [4.78, 5) is 12.1. The van der Waals surface area contributed by atoms with E-state index in [2.05, 4.69) is 39.9 Å². The zero-order chi connectivity index (χ0) is 17.6. The van der Waals surface area contributed by atoms with E-state index in [4.69, 9.17) is 0 Å². The molecule has 0 radical (unpaired) electrons. The van der Waals surface area contributed by atoms with Gasteiger partial charge < -0.3 is 10.6 Å². The number of fused-ring (bicyclic) bond motifs is 2. The van der Waals surface area contributed by atoms with E-state index in [1.54, 1.807) is 0 Å². The molecule has 1 unspecified atom stereocenters. The Morgan fingerprint density at radius 2 is 2.08 bits per heavy atom. The number of anilines is 1. The van der Waals surface area contributed by atoms with Crippen molar-refractivity contribution in [2.75, 3.05) is 5.32 Å². The molecule has 2 N–H and O–H groups in total. The lowest BCUT2D eigenvalue weighted by molar-refractivity contribution is -0.119. The van der Waals surface area contributed by atoms with Gasteiger partial charge in [-0.05, 0) is 50.1 Å². The highest BCUT2D eigenvalue weighted by Crippen LogP contribution is 2.38. The summed E-state index contributed by atoms with van der Waals surface area (Å²) in [5.41, 5.74) is 3.47. The van der Waals surface area contributed by atoms with Crippen LogP contribution in [0.15, 0.2) is 42.6 Å². The average Bonchev–Trinajstić information content (AvgIpc) is 3.12. The summed E-state index contributed by atoms with van der Waals surface area (Å²) in [5, 5.41) is 14.9. The van der Waals surface area contributed by atoms with E-state index in [-0.39, 0.29) is 11.9 Å². The van der Waals surface area contributed by atoms with Crippen LogP contribution < -0.4 is 10.6 Å². The fraction of sp³-hybridized carbons (Fsp3) is 0.316. The predicted octanol–water partition coefficient (Wildman–Crippen LogP) is 2.81. The monoisotopic (exact) mass is 335 g/mol. The van der Waals surface area contributed by atoms with Crippen LogP contribution in [0.4, 0.5) is 5.69 Å². The van der Waals surface area contributed by atoms with Crippen LogP contribution in [0.5, 0.6) is 0 Å². The molecule has 6 nitrogen and oxygen atoms in total. The molecule has 4 rings (SSSR count). The molecule has 0 spiro atoms. The van der Waals surface area contributed by atoms with Crippen molar-refractivity contribution < 1.29 is 4.79 Å². The smallest absolute Gasteiger partial charge is 0.234 e. The molecular weight excluding hydrogens is 314 g/mol. The maximum atomic E-state index is 12.1. The highest BCUT2D eigenvalue weighted by Gasteiger charge is 2.38. The molecular formula is C19H21N5O. The average molecular weight is 335 g/mol. The lowest BCUT2D eigenvalue weighted by Crippen LogP contribution is -2.27. The molecule has 1 aliphatic rings. The lowest BCUT2D eigenvalue weighted by Gasteiger charge is -2.19. The third-order valence-electron chi connectivity index (χ3n) is 4.98. The van der Waals surface area contributed by atoms with Crippen LogP contribution in [-0.2, 0) is 16.8 Å². The molecule has 6 heteroatoms. The van der Waals surface area contributed by atoms with Crippen molar-refractivity contribution in [1.29, 1.82) is 0 Å². The number of hydrogen-bond donors (Lipinski definition) is 2. The molecule has 25 heavy (non-hydrogen) atoms. The van der Waals surface area contributed by atoms with E-state index >= 15 is 0 Å². The minimum absolute atomic E-state index is 0.0511. The van der Waals surface area contributed by atoms with Gasteiger partial charge in [0, 0.05) is 17.9 Å². The number of carbonyl (C=O) groups excluding carboxylic acids is 1. The first-order valence-corrected chi connectivity index (χ1v) is 8.45. The number of amides is 1. The van der Waals surface area contributed by atoms with E-state index in [9.17, 15) is 4.79 Å². The van der Waals surface area contributed by atoms with Crippen LogP contribution in [0.1, 0.15) is 43.8 Å². The Kier molecular flexibility index (Phi) is 3.58. The van der Waals surface area contributed by atoms with Gasteiger partial charge in [0.05, 0.1) is 12.0 Å². The van der Waals surface area contributed by atoms with E-state index < -0.39 is 5.41 Å². The van der Waals surface area contributed by atoms with Gasteiger partial charge in [-0.25, -0.2) is 0 Å². The molecule has 1 aliphatic heterocycles. The highest BCUT2D eigenvalue weighted by atomic mass is 16.2. The molecule has 0 aliphatic carbocycles. The SMILES string of the molecule is CC(NCc1nnc2ccccn12)c1ccc2c(c1)C(C)(C)C(=O)N2. The number of nitrogens with zero attached hydrogens (tertiary/aromatic N) is 3. The summed E-state index contributed by atoms with van der Waals surface area (Å²) in [6, 6.07) is 12.1. The van der Waals surface area contributed by atoms with Crippen LogP contribution >= 0.6 is 0 Å². The predicted molar refractivity (Wildman–Crippen MR) is 96.3 cm³/mol. The van der Waals surface area contributed by atoms with E-state index in [1.165, 1.54) is 0 Å². The Morgan fingerprint density at radius 1 is 1.24 bits per heavy atom. The largest absolute Gasteiger partial charge is 0.325 e. The van der Waals surface area contributed by atoms with Gasteiger partial charge in [0.2, 0.25) is 5.91 Å². The van der Waals surface area contributed by atoms with Gasteiger partial charge in [-0.2, -0.15) is 0 Å². The first kappa shape index (κ1) is 15.8. The van der Waals surface area contributed by atoms with Crippen molar-refractivity contribution >= 4 is 17.2 Å². The third-order valence-corrected chi connectivity index (χ3v) is 4.98. The lowest BCUT2D eigenvalue weighted by atomic mass is 9.85. The number of hydrogen-bond acceptors (Lipinski definition) is 4. The van der Waals surface area contributed by atoms with Gasteiger partial charge in [0.15, 0.2) is 11.5 Å². The Hall–Kier alpha value is -2.73. The van der Waals surface area contributed by atoms with Gasteiger partial charge in [-0.15, -0.1) is 10.2 Å². The molecule has 3 heterocycles. The molecule has 2 aromatic heterocycles. The Balaban J connectivity index is 1.53. The van der Waals surface area contributed by atoms with Crippen LogP contribution in [0, 0.1) is 0 Å². The molecule has 1 atom stereocenters. The van der Waals surface area contributed by atoms with Gasteiger partial charge >= 0.3 is 0 Å². The molecule has 0 fully saturated rings. The van der Waals surface area contributed by atoms with Gasteiger partial charge in [-0.1, -0.05) is 18.2 Å². The normalized spacial score (nSPS) is 16.7. The summed E-state index contributed by atoms with van der Waals surface area (Å²) in [6.07, 6.45) is 1.96. The zero-order valence-corrected chi connectivity index (χ0v) is 14.6. The fourth-order valence-electron chi connectivity index (χ4n) is 3.23. The van der Waals surface area contributed by atoms with E-state index in [1.807, 2.05) is 48.7 Å². The maximum absolute atomic E-state index is 12.1. The van der Waals surface area contributed by atoms with Crippen molar-refractivity contribution in [3.05, 3.63) is 59.5 Å². The van der Waals surface area contributed by atoms with Crippen LogP contribution in [0.25, 0.3) is 5.65 Å². The van der Waals surface area contributed by atoms with Gasteiger partial charge in [0.25, 0.3) is 0 Å². The summed E-state index contributed by atoms with van der Waals surface area (Å²) in [7, 11) is 0. The number of rotatable bonds is 4. The fourth-order valence-corrected chi connectivity index (χ4v) is 3.23. The van der Waals surface area contributed by atoms with Crippen LogP contribution in [0.3, 0.4) is 0 Å². The first-order valence-electron chi connectivity index (χ1n) is 8.45. The van der Waals surface area contributed by atoms with Gasteiger partial charge in [0.1, 0.15) is 0 Å². The molecule has 1 amide bonds. The molecule has 1 aromatic carbocycles. The highest BCUT2D eigenvalue weighted by molar-refractivity contribution is 6.05. The van der Waals surface area contributed by atoms with Crippen LogP contribution in [-0.4, -0.2) is 20.5 Å². The molecule has 0 saturated heterocycles. The second-order valence-electron chi connectivity index (χ2n) is 7.03. The van der Waals surface area contributed by atoms with E-state index in [0.717, 1.165) is 28.3 Å². The zero-order valence-electron chi connectivity index (χ0n) is 14.6. The van der Waals surface area contributed by atoms with Crippen molar-refractivity contribution in [2.24, 2.45) is 0 Å². The second-order valence-corrected chi connectivity index (χ2v) is 7.03. The van der Waals surface area contributed by atoms with Gasteiger partial charge in [-0.3, -0.25) is 9.20 Å². The first-order chi connectivity index (χ1) is 12.0. The number of pyridine rings is 1. The van der Waals surface area contributed by atoms with Crippen LogP contribution in [0.2, 0.25) is 0 Å². The summed E-state index contributed by atoms with van der Waals surface area (Å²) < 4.78 is 1.98. The minimum Gasteiger partial charge on any atom is -0.325 e. The Labute approximate surface area is 146 Å². The third kappa shape index (κ3) is 2.59. The minimum atomic E-state index is -0.492. The topological polar surface area (TPSA) is 71.3 Å². The summed E-state index contributed by atoms with van der Waals surface area (Å²) in [5.74, 6) is 0.927. The standard InChI is InChI=1S/C19H21N5O/c1-12(20-11-17-23-22-16-6-4-5-9-24(16)17)13-7-8-15-14(10-13)19(2,3)18(25)21-15/h4-10,12,20H,11H2,1-3H3,(H,21,25). The van der Waals surface area contributed by atoms with Crippen molar-refractivity contribution in [3.8, 4) is 0 Å². The Morgan fingerprint density at radius 3 is 2.92 bits per heavy atom. The van der Waals surface area contributed by atoms with E-state index in [0.29, 0.717) is 6.54 Å². The number of aromatic nitrogens is 3. The second kappa shape index (κ2) is 5.67. The molecule has 0 bridgehead atoms. The van der Waals surface area contributed by atoms with Crippen molar-refractivity contribution in [1.82, 2.24) is 19.9 Å². The number of carbonyl (C=O) groups is 1. The Bertz CT molecular complexity index is 959. The maximum Gasteiger partial charge on any atom is 0.234 e. The number of nitrogens with one attached hydrogen (secondary N) is 2. The van der Waals surface area contributed by atoms with Crippen molar-refractivity contribution in [2.45, 2.75) is 38.8 Å². The number of benzene rings is 1. The summed E-state index contributed by atoms with van der Waals surface area (Å²) in [6.45, 7) is 6.64. The molecule has 0 saturated carbocycles. The molecule has 3 aromatic rings. The summed E-state index contributed by atoms with van der Waals surface area (Å²) >= 11 is 0. The quantitative estimate of drug-likeness (QED) is 0.769. The molecule has 128 valence electrons. The van der Waals surface area contributed by atoms with Crippen molar-refractivity contribution in [3.63, 3.8) is 0 Å².